The maximum Gasteiger partial charge on any atom is 0.356 e. The van der Waals surface area contributed by atoms with Crippen molar-refractivity contribution in [1.29, 1.82) is 5.26 Å². The summed E-state index contributed by atoms with van der Waals surface area (Å²) in [6.45, 7) is 2.06. The second kappa shape index (κ2) is 7.16. The van der Waals surface area contributed by atoms with E-state index < -0.39 is 11.8 Å². The summed E-state index contributed by atoms with van der Waals surface area (Å²) >= 11 is 0. The summed E-state index contributed by atoms with van der Waals surface area (Å²) in [6, 6.07) is 15.1. The molecular weight excluding hydrogens is 359 g/mol. The van der Waals surface area contributed by atoms with Crippen LogP contribution >= 0.6 is 0 Å². The summed E-state index contributed by atoms with van der Waals surface area (Å²) in [7, 11) is 0. The molecule has 1 fully saturated rings. The first-order chi connectivity index (χ1) is 13.6. The molecule has 0 atom stereocenters. The fourth-order valence-corrected chi connectivity index (χ4v) is 3.43. The Morgan fingerprint density at radius 3 is 2.36 bits per heavy atom. The summed E-state index contributed by atoms with van der Waals surface area (Å²) in [5, 5.41) is 22.4. The standard InChI is InChI=1S/C21H17FN4O2/c22-18-11-14(3-4-15(18)13-23)20-12-19(21(27)28)24-26(20)17-7-5-16(6-8-17)25-9-1-2-10-25/h3-8,11-12H,1-2,9-10H2,(H,27,28). The van der Waals surface area contributed by atoms with E-state index in [1.807, 2.05) is 24.3 Å². The minimum Gasteiger partial charge on any atom is -0.476 e. The van der Waals surface area contributed by atoms with Crippen molar-refractivity contribution in [2.45, 2.75) is 12.8 Å². The fraction of sp³-hybridized carbons (Fsp3) is 0.190. The van der Waals surface area contributed by atoms with Crippen LogP contribution in [-0.4, -0.2) is 33.9 Å². The molecule has 0 bridgehead atoms. The van der Waals surface area contributed by atoms with E-state index in [1.165, 1.54) is 35.7 Å². The Labute approximate surface area is 161 Å². The summed E-state index contributed by atoms with van der Waals surface area (Å²) < 4.78 is 15.6. The van der Waals surface area contributed by atoms with Gasteiger partial charge in [0.1, 0.15) is 11.9 Å². The van der Waals surface area contributed by atoms with Crippen molar-refractivity contribution in [3.05, 3.63) is 65.6 Å². The average molecular weight is 376 g/mol. The van der Waals surface area contributed by atoms with E-state index in [9.17, 15) is 14.3 Å². The molecule has 28 heavy (non-hydrogen) atoms. The van der Waals surface area contributed by atoms with Crippen molar-refractivity contribution in [1.82, 2.24) is 9.78 Å². The number of carboxylic acids is 1. The van der Waals surface area contributed by atoms with Crippen molar-refractivity contribution in [2.75, 3.05) is 18.0 Å². The minimum atomic E-state index is -1.16. The maximum atomic E-state index is 14.1. The third-order valence-corrected chi connectivity index (χ3v) is 4.88. The highest BCUT2D eigenvalue weighted by atomic mass is 19.1. The van der Waals surface area contributed by atoms with E-state index in [0.29, 0.717) is 16.9 Å². The van der Waals surface area contributed by atoms with Gasteiger partial charge in [-0.05, 0) is 55.3 Å². The summed E-state index contributed by atoms with van der Waals surface area (Å²) in [4.78, 5) is 13.7. The first-order valence-corrected chi connectivity index (χ1v) is 8.95. The summed E-state index contributed by atoms with van der Waals surface area (Å²) in [5.74, 6) is -1.82. The second-order valence-corrected chi connectivity index (χ2v) is 6.65. The smallest absolute Gasteiger partial charge is 0.356 e. The normalized spacial score (nSPS) is 13.5. The summed E-state index contributed by atoms with van der Waals surface area (Å²) in [5.41, 5.74) is 2.47. The van der Waals surface area contributed by atoms with E-state index in [0.717, 1.165) is 18.8 Å². The molecule has 6 nitrogen and oxygen atoms in total. The number of anilines is 1. The lowest BCUT2D eigenvalue weighted by Crippen LogP contribution is -2.17. The van der Waals surface area contributed by atoms with Gasteiger partial charge in [-0.2, -0.15) is 10.4 Å². The molecule has 7 heteroatoms. The molecule has 4 rings (SSSR count). The molecule has 1 N–H and O–H groups in total. The highest BCUT2D eigenvalue weighted by Crippen LogP contribution is 2.28. The van der Waals surface area contributed by atoms with Gasteiger partial charge in [0.15, 0.2) is 5.69 Å². The van der Waals surface area contributed by atoms with Crippen LogP contribution in [0.15, 0.2) is 48.5 Å². The molecule has 0 spiro atoms. The first-order valence-electron chi connectivity index (χ1n) is 8.95. The molecule has 1 aliphatic heterocycles. The zero-order valence-corrected chi connectivity index (χ0v) is 15.0. The van der Waals surface area contributed by atoms with Gasteiger partial charge in [-0.25, -0.2) is 13.9 Å². The van der Waals surface area contributed by atoms with E-state index >= 15 is 0 Å². The van der Waals surface area contributed by atoms with Crippen molar-refractivity contribution in [3.8, 4) is 23.0 Å². The highest BCUT2D eigenvalue weighted by Gasteiger charge is 2.18. The van der Waals surface area contributed by atoms with Crippen LogP contribution in [0.2, 0.25) is 0 Å². The Kier molecular flexibility index (Phi) is 4.53. The summed E-state index contributed by atoms with van der Waals surface area (Å²) in [6.07, 6.45) is 2.36. The van der Waals surface area contributed by atoms with Gasteiger partial charge in [0, 0.05) is 24.3 Å². The van der Waals surface area contributed by atoms with Crippen LogP contribution in [0.3, 0.4) is 0 Å². The predicted molar refractivity (Wildman–Crippen MR) is 102 cm³/mol. The van der Waals surface area contributed by atoms with Crippen LogP contribution in [0.1, 0.15) is 28.9 Å². The molecule has 0 aliphatic carbocycles. The SMILES string of the molecule is N#Cc1ccc(-c2cc(C(=O)O)nn2-c2ccc(N3CCCC3)cc2)cc1F. The molecule has 0 unspecified atom stereocenters. The van der Waals surface area contributed by atoms with Gasteiger partial charge in [0.05, 0.1) is 16.9 Å². The van der Waals surface area contributed by atoms with Crippen LogP contribution < -0.4 is 4.90 Å². The molecule has 0 saturated carbocycles. The van der Waals surface area contributed by atoms with Gasteiger partial charge in [0.2, 0.25) is 0 Å². The molecule has 0 radical (unpaired) electrons. The van der Waals surface area contributed by atoms with Crippen LogP contribution in [0.4, 0.5) is 10.1 Å². The van der Waals surface area contributed by atoms with E-state index in [-0.39, 0.29) is 11.3 Å². The Hall–Kier alpha value is -3.66. The number of aromatic carboxylic acids is 1. The van der Waals surface area contributed by atoms with Gasteiger partial charge >= 0.3 is 5.97 Å². The number of carbonyl (C=O) groups is 1. The molecule has 3 aromatic rings. The number of nitrogens with zero attached hydrogens (tertiary/aromatic N) is 4. The van der Waals surface area contributed by atoms with Crippen LogP contribution in [0, 0.1) is 17.1 Å². The molecule has 0 amide bonds. The highest BCUT2D eigenvalue weighted by molar-refractivity contribution is 5.87. The second-order valence-electron chi connectivity index (χ2n) is 6.65. The maximum absolute atomic E-state index is 14.1. The number of hydrogen-bond donors (Lipinski definition) is 1. The number of aromatic nitrogens is 2. The average Bonchev–Trinajstić information content (AvgIpc) is 3.38. The third kappa shape index (κ3) is 3.21. The Morgan fingerprint density at radius 1 is 1.07 bits per heavy atom. The molecule has 140 valence electrons. The Bertz CT molecular complexity index is 1080. The molecule has 1 aromatic heterocycles. The first kappa shape index (κ1) is 17.7. The number of hydrogen-bond acceptors (Lipinski definition) is 4. The van der Waals surface area contributed by atoms with Crippen LogP contribution in [-0.2, 0) is 0 Å². The quantitative estimate of drug-likeness (QED) is 0.748. The monoisotopic (exact) mass is 376 g/mol. The number of benzene rings is 2. The van der Waals surface area contributed by atoms with E-state index in [4.69, 9.17) is 5.26 Å². The lowest BCUT2D eigenvalue weighted by molar-refractivity contribution is 0.0690. The van der Waals surface area contributed by atoms with Crippen molar-refractivity contribution < 1.29 is 14.3 Å². The third-order valence-electron chi connectivity index (χ3n) is 4.88. The molecule has 2 aromatic carbocycles. The number of carboxylic acid groups (broad SMARTS) is 1. The Morgan fingerprint density at radius 2 is 1.75 bits per heavy atom. The topological polar surface area (TPSA) is 82.1 Å². The fourth-order valence-electron chi connectivity index (χ4n) is 3.43. The van der Waals surface area contributed by atoms with Gasteiger partial charge in [-0.1, -0.05) is 6.07 Å². The number of halogens is 1. The lowest BCUT2D eigenvalue weighted by Gasteiger charge is -2.18. The van der Waals surface area contributed by atoms with Gasteiger partial charge in [-0.15, -0.1) is 0 Å². The molecular formula is C21H17FN4O2. The van der Waals surface area contributed by atoms with Gasteiger partial charge < -0.3 is 10.0 Å². The van der Waals surface area contributed by atoms with E-state index in [2.05, 4.69) is 10.00 Å². The number of nitriles is 1. The minimum absolute atomic E-state index is 0.0664. The largest absolute Gasteiger partial charge is 0.476 e. The zero-order valence-electron chi connectivity index (χ0n) is 15.0. The van der Waals surface area contributed by atoms with Crippen molar-refractivity contribution in [3.63, 3.8) is 0 Å². The molecule has 1 aliphatic rings. The van der Waals surface area contributed by atoms with Crippen LogP contribution in [0.5, 0.6) is 0 Å². The van der Waals surface area contributed by atoms with Crippen molar-refractivity contribution in [2.24, 2.45) is 0 Å². The van der Waals surface area contributed by atoms with Crippen LogP contribution in [0.25, 0.3) is 16.9 Å². The lowest BCUT2D eigenvalue weighted by atomic mass is 10.1. The predicted octanol–water partition coefficient (Wildman–Crippen LogP) is 3.85. The molecule has 2 heterocycles. The van der Waals surface area contributed by atoms with Crippen molar-refractivity contribution >= 4 is 11.7 Å². The van der Waals surface area contributed by atoms with Gasteiger partial charge in [0.25, 0.3) is 0 Å². The zero-order chi connectivity index (χ0) is 19.7. The number of rotatable bonds is 4. The molecule has 1 saturated heterocycles. The van der Waals surface area contributed by atoms with E-state index in [1.54, 1.807) is 12.1 Å². The van der Waals surface area contributed by atoms with Gasteiger partial charge in [-0.3, -0.25) is 0 Å². The Balaban J connectivity index is 1.77.